The zero-order valence-electron chi connectivity index (χ0n) is 18.3. The third-order valence-corrected chi connectivity index (χ3v) is 5.71. The Morgan fingerprint density at radius 3 is 0.939 bits per heavy atom. The van der Waals surface area contributed by atoms with E-state index in [9.17, 15) is 39.6 Å². The summed E-state index contributed by atoms with van der Waals surface area (Å²) in [5.41, 5.74) is 0. The van der Waals surface area contributed by atoms with Gasteiger partial charge >= 0.3 is 0 Å². The molecule has 1 fully saturated rings. The van der Waals surface area contributed by atoms with Crippen LogP contribution in [0.25, 0.3) is 0 Å². The summed E-state index contributed by atoms with van der Waals surface area (Å²) in [6.07, 6.45) is 1.38. The Morgan fingerprint density at radius 1 is 0.545 bits per heavy atom. The van der Waals surface area contributed by atoms with E-state index in [1.54, 1.807) is 0 Å². The largest absolute Gasteiger partial charge is 0.307 e. The normalized spacial score (nSPS) is 15.5. The van der Waals surface area contributed by atoms with Crippen LogP contribution in [-0.2, 0) is 57.3 Å². The lowest BCUT2D eigenvalue weighted by Gasteiger charge is -2.42. The average molecular weight is 538 g/mol. The van der Waals surface area contributed by atoms with E-state index in [4.69, 9.17) is 0 Å². The second-order valence-corrected chi connectivity index (χ2v) is 12.0. The highest BCUT2D eigenvalue weighted by atomic mass is 32.2. The maximum absolute atomic E-state index is 12.5. The van der Waals surface area contributed by atoms with Crippen molar-refractivity contribution in [1.82, 2.24) is 14.7 Å². The van der Waals surface area contributed by atoms with Gasteiger partial charge in [-0.3, -0.25) is 26.9 Å². The van der Waals surface area contributed by atoms with Crippen LogP contribution in [0.15, 0.2) is 0 Å². The lowest BCUT2D eigenvalue weighted by Crippen LogP contribution is -2.59. The standard InChI is InChI=1S/C15H27N3O12S3/c1-31(22,23)28-7-4-13(19)16-10-17(14(20)5-8-29-32(2,24)25)12-18(11-16)15(21)6-9-30-33(3,26)27/h4-12H2,1-3H3. The van der Waals surface area contributed by atoms with E-state index < -0.39 is 67.9 Å². The molecule has 1 aliphatic heterocycles. The van der Waals surface area contributed by atoms with E-state index in [2.05, 4.69) is 12.5 Å². The highest BCUT2D eigenvalue weighted by Crippen LogP contribution is 2.13. The molecule has 1 rings (SSSR count). The molecule has 0 spiro atoms. The first kappa shape index (κ1) is 29.2. The van der Waals surface area contributed by atoms with E-state index in [0.717, 1.165) is 33.5 Å². The van der Waals surface area contributed by atoms with E-state index in [1.165, 1.54) is 0 Å². The Morgan fingerprint density at radius 2 is 0.758 bits per heavy atom. The number of carbonyl (C=O) groups is 3. The predicted molar refractivity (Wildman–Crippen MR) is 111 cm³/mol. The fraction of sp³-hybridized carbons (Fsp3) is 0.800. The van der Waals surface area contributed by atoms with Gasteiger partial charge in [0.2, 0.25) is 17.7 Å². The summed E-state index contributed by atoms with van der Waals surface area (Å²) in [5, 5.41) is 0. The van der Waals surface area contributed by atoms with Crippen molar-refractivity contribution in [2.75, 3.05) is 58.6 Å². The van der Waals surface area contributed by atoms with Crippen LogP contribution in [0, 0.1) is 0 Å². The molecule has 0 N–H and O–H groups in total. The van der Waals surface area contributed by atoms with Crippen molar-refractivity contribution in [3.63, 3.8) is 0 Å². The quantitative estimate of drug-likeness (QED) is 0.237. The van der Waals surface area contributed by atoms with Crippen LogP contribution in [0.2, 0.25) is 0 Å². The molecule has 15 nitrogen and oxygen atoms in total. The summed E-state index contributed by atoms with van der Waals surface area (Å²) in [6, 6.07) is 0. The first-order valence-corrected chi connectivity index (χ1v) is 14.8. The fourth-order valence-corrected chi connectivity index (χ4v) is 3.70. The Hall–Kier alpha value is -1.86. The topological polar surface area (TPSA) is 191 Å². The lowest BCUT2D eigenvalue weighted by atomic mass is 10.3. The summed E-state index contributed by atoms with van der Waals surface area (Å²) < 4.78 is 79.9. The molecular weight excluding hydrogens is 510 g/mol. The number of hydrogen-bond donors (Lipinski definition) is 0. The summed E-state index contributed by atoms with van der Waals surface area (Å²) in [4.78, 5) is 40.7. The summed E-state index contributed by atoms with van der Waals surface area (Å²) in [7, 11) is -11.3. The van der Waals surface area contributed by atoms with Gasteiger partial charge in [0.15, 0.2) is 0 Å². The van der Waals surface area contributed by atoms with Crippen LogP contribution < -0.4 is 0 Å². The molecule has 0 radical (unpaired) electrons. The number of carbonyl (C=O) groups excluding carboxylic acids is 3. The van der Waals surface area contributed by atoms with E-state index >= 15 is 0 Å². The van der Waals surface area contributed by atoms with Crippen molar-refractivity contribution >= 4 is 48.1 Å². The molecule has 18 heteroatoms. The van der Waals surface area contributed by atoms with Crippen LogP contribution in [0.4, 0.5) is 0 Å². The Balaban J connectivity index is 2.85. The van der Waals surface area contributed by atoms with Gasteiger partial charge in [-0.05, 0) is 0 Å². The van der Waals surface area contributed by atoms with Crippen molar-refractivity contribution in [3.8, 4) is 0 Å². The molecule has 0 aliphatic carbocycles. The second kappa shape index (κ2) is 12.0. The highest BCUT2D eigenvalue weighted by Gasteiger charge is 2.31. The monoisotopic (exact) mass is 537 g/mol. The van der Waals surface area contributed by atoms with Gasteiger partial charge in [0.1, 0.15) is 0 Å². The first-order chi connectivity index (χ1) is 15.0. The molecule has 0 bridgehead atoms. The Bertz CT molecular complexity index is 900. The van der Waals surface area contributed by atoms with Gasteiger partial charge in [0.25, 0.3) is 30.4 Å². The smallest absolute Gasteiger partial charge is 0.264 e. The van der Waals surface area contributed by atoms with Gasteiger partial charge in [-0.2, -0.15) is 25.3 Å². The van der Waals surface area contributed by atoms with Crippen LogP contribution in [0.1, 0.15) is 19.3 Å². The van der Waals surface area contributed by atoms with Crippen LogP contribution in [0.5, 0.6) is 0 Å². The molecule has 0 aromatic heterocycles. The molecule has 0 aromatic rings. The van der Waals surface area contributed by atoms with Gasteiger partial charge in [0.05, 0.1) is 77.9 Å². The zero-order valence-corrected chi connectivity index (χ0v) is 20.8. The zero-order chi connectivity index (χ0) is 25.4. The molecule has 192 valence electrons. The maximum atomic E-state index is 12.5. The summed E-state index contributed by atoms with van der Waals surface area (Å²) in [5.74, 6) is -1.85. The van der Waals surface area contributed by atoms with Gasteiger partial charge < -0.3 is 14.7 Å². The van der Waals surface area contributed by atoms with E-state index in [0.29, 0.717) is 0 Å². The summed E-state index contributed by atoms with van der Waals surface area (Å²) >= 11 is 0. The molecule has 0 unspecified atom stereocenters. The van der Waals surface area contributed by atoms with Crippen LogP contribution >= 0.6 is 0 Å². The lowest BCUT2D eigenvalue weighted by molar-refractivity contribution is -0.159. The van der Waals surface area contributed by atoms with Gasteiger partial charge in [-0.1, -0.05) is 0 Å². The number of hydrogen-bond acceptors (Lipinski definition) is 12. The fourth-order valence-electron chi connectivity index (χ4n) is 2.54. The third kappa shape index (κ3) is 12.8. The molecule has 0 atom stereocenters. The van der Waals surface area contributed by atoms with Crippen molar-refractivity contribution in [3.05, 3.63) is 0 Å². The minimum absolute atomic E-state index is 0.251. The molecule has 0 saturated carbocycles. The minimum Gasteiger partial charge on any atom is -0.307 e. The molecule has 0 aromatic carbocycles. The molecule has 1 saturated heterocycles. The number of rotatable bonds is 12. The second-order valence-electron chi connectivity index (χ2n) is 7.05. The van der Waals surface area contributed by atoms with E-state index in [-0.39, 0.29) is 39.3 Å². The van der Waals surface area contributed by atoms with Crippen molar-refractivity contribution in [2.45, 2.75) is 19.3 Å². The van der Waals surface area contributed by atoms with E-state index in [1.807, 2.05) is 0 Å². The first-order valence-electron chi connectivity index (χ1n) is 9.33. The molecule has 33 heavy (non-hydrogen) atoms. The number of amides is 3. The van der Waals surface area contributed by atoms with Crippen LogP contribution in [-0.4, -0.2) is 116 Å². The SMILES string of the molecule is CS(=O)(=O)OCCC(=O)N1CN(C(=O)CCOS(C)(=O)=O)CN(C(=O)CCOS(C)(=O)=O)C1. The number of nitrogens with zero attached hydrogens (tertiary/aromatic N) is 3. The van der Waals surface area contributed by atoms with Crippen LogP contribution in [0.3, 0.4) is 0 Å². The predicted octanol–water partition coefficient (Wildman–Crippen LogP) is -2.54. The molecule has 1 heterocycles. The van der Waals surface area contributed by atoms with Crippen molar-refractivity contribution < 1.29 is 52.2 Å². The molecular formula is C15H27N3O12S3. The Kier molecular flexibility index (Phi) is 10.6. The van der Waals surface area contributed by atoms with Gasteiger partial charge in [0, 0.05) is 0 Å². The van der Waals surface area contributed by atoms with Crippen molar-refractivity contribution in [1.29, 1.82) is 0 Å². The minimum atomic E-state index is -3.77. The third-order valence-electron chi connectivity index (χ3n) is 3.92. The van der Waals surface area contributed by atoms with Gasteiger partial charge in [-0.15, -0.1) is 0 Å². The maximum Gasteiger partial charge on any atom is 0.264 e. The van der Waals surface area contributed by atoms with Gasteiger partial charge in [-0.25, -0.2) is 0 Å². The highest BCUT2D eigenvalue weighted by molar-refractivity contribution is 7.86. The Labute approximate surface area is 192 Å². The average Bonchev–Trinajstić information content (AvgIpc) is 2.64. The summed E-state index contributed by atoms with van der Waals surface area (Å²) in [6.45, 7) is -2.08. The molecule has 3 amide bonds. The molecule has 1 aliphatic rings. The van der Waals surface area contributed by atoms with Crippen molar-refractivity contribution in [2.24, 2.45) is 0 Å².